The molecular weight excluding hydrogens is 292 g/mol. The van der Waals surface area contributed by atoms with Gasteiger partial charge in [0, 0.05) is 30.3 Å². The van der Waals surface area contributed by atoms with E-state index in [0.717, 1.165) is 0 Å². The van der Waals surface area contributed by atoms with E-state index in [9.17, 15) is 9.59 Å². The Labute approximate surface area is 128 Å². The lowest BCUT2D eigenvalue weighted by molar-refractivity contribution is -0.146. The van der Waals surface area contributed by atoms with Crippen molar-refractivity contribution in [2.24, 2.45) is 5.92 Å². The molecule has 2 aliphatic heterocycles. The van der Waals surface area contributed by atoms with E-state index in [2.05, 4.69) is 5.32 Å². The van der Waals surface area contributed by atoms with Crippen LogP contribution in [0.25, 0.3) is 0 Å². The third-order valence-corrected chi connectivity index (χ3v) is 4.32. The normalized spacial score (nSPS) is 25.8. The molecule has 21 heavy (non-hydrogen) atoms. The van der Waals surface area contributed by atoms with Crippen molar-refractivity contribution in [3.63, 3.8) is 0 Å². The molecule has 2 heterocycles. The van der Waals surface area contributed by atoms with Gasteiger partial charge in [-0.2, -0.15) is 0 Å². The quantitative estimate of drug-likeness (QED) is 0.898. The summed E-state index contributed by atoms with van der Waals surface area (Å²) in [5.41, 5.74) is 0.670. The van der Waals surface area contributed by atoms with Gasteiger partial charge >= 0.3 is 0 Å². The zero-order valence-electron chi connectivity index (χ0n) is 11.5. The fourth-order valence-corrected chi connectivity index (χ4v) is 3.11. The van der Waals surface area contributed by atoms with Crippen molar-refractivity contribution >= 4 is 23.4 Å². The van der Waals surface area contributed by atoms with E-state index in [-0.39, 0.29) is 17.7 Å². The average Bonchev–Trinajstić information content (AvgIpc) is 3.01. The summed E-state index contributed by atoms with van der Waals surface area (Å²) in [6, 6.07) is 6.51. The number of nitrogens with zero attached hydrogens (tertiary/aromatic N) is 1. The predicted molar refractivity (Wildman–Crippen MR) is 77.8 cm³/mol. The van der Waals surface area contributed by atoms with Gasteiger partial charge in [0.15, 0.2) is 0 Å². The summed E-state index contributed by atoms with van der Waals surface area (Å²) >= 11 is 6.21. The van der Waals surface area contributed by atoms with Crippen LogP contribution in [0.15, 0.2) is 24.3 Å². The highest BCUT2D eigenvalue weighted by molar-refractivity contribution is 6.31. The highest BCUT2D eigenvalue weighted by atomic mass is 35.5. The van der Waals surface area contributed by atoms with Gasteiger partial charge in [-0.25, -0.2) is 0 Å². The predicted octanol–water partition coefficient (Wildman–Crippen LogP) is 1.38. The number of ether oxygens (including phenoxy) is 1. The zero-order chi connectivity index (χ0) is 14.8. The van der Waals surface area contributed by atoms with Crippen molar-refractivity contribution in [3.05, 3.63) is 34.9 Å². The Kier molecular flexibility index (Phi) is 4.12. The van der Waals surface area contributed by atoms with Gasteiger partial charge < -0.3 is 15.0 Å². The largest absolute Gasteiger partial charge is 0.381 e. The van der Waals surface area contributed by atoms with Gasteiger partial charge in [-0.15, -0.1) is 0 Å². The molecule has 5 nitrogen and oxygen atoms in total. The minimum absolute atomic E-state index is 0.0210. The van der Waals surface area contributed by atoms with Gasteiger partial charge in [0.1, 0.15) is 6.04 Å². The molecule has 0 saturated carbocycles. The number of amides is 2. The highest BCUT2D eigenvalue weighted by Crippen LogP contribution is 2.31. The van der Waals surface area contributed by atoms with Crippen LogP contribution in [0.2, 0.25) is 5.02 Å². The Bertz CT molecular complexity index is 558. The molecule has 0 bridgehead atoms. The summed E-state index contributed by atoms with van der Waals surface area (Å²) in [4.78, 5) is 26.6. The van der Waals surface area contributed by atoms with Crippen molar-refractivity contribution < 1.29 is 14.3 Å². The first kappa shape index (κ1) is 14.4. The third kappa shape index (κ3) is 2.76. The number of piperazine rings is 1. The van der Waals surface area contributed by atoms with Crippen LogP contribution in [-0.4, -0.2) is 43.0 Å². The van der Waals surface area contributed by atoms with E-state index in [4.69, 9.17) is 16.3 Å². The Hall–Kier alpha value is -1.59. The van der Waals surface area contributed by atoms with Crippen LogP contribution >= 0.6 is 11.6 Å². The molecule has 2 fully saturated rings. The van der Waals surface area contributed by atoms with E-state index < -0.39 is 6.04 Å². The van der Waals surface area contributed by atoms with Gasteiger partial charge in [0.2, 0.25) is 11.8 Å². The molecule has 6 heteroatoms. The fourth-order valence-electron chi connectivity index (χ4n) is 2.87. The molecule has 1 N–H and O–H groups in total. The second-order valence-electron chi connectivity index (χ2n) is 5.31. The lowest BCUT2D eigenvalue weighted by Crippen LogP contribution is -2.53. The molecule has 2 atom stereocenters. The van der Waals surface area contributed by atoms with Crippen LogP contribution in [0.3, 0.4) is 0 Å². The van der Waals surface area contributed by atoms with E-state index in [0.29, 0.717) is 43.3 Å². The van der Waals surface area contributed by atoms with Crippen LogP contribution in [0.5, 0.6) is 0 Å². The Balaban J connectivity index is 1.91. The van der Waals surface area contributed by atoms with E-state index in [1.807, 2.05) is 12.1 Å². The Morgan fingerprint density at radius 2 is 2.19 bits per heavy atom. The molecule has 2 amide bonds. The SMILES string of the molecule is O=C1NCCN(C(=O)[C@H]2CCOC2)[C@H]1c1ccccc1Cl. The molecule has 0 aliphatic carbocycles. The van der Waals surface area contributed by atoms with Crippen LogP contribution in [-0.2, 0) is 14.3 Å². The van der Waals surface area contributed by atoms with Crippen molar-refractivity contribution in [1.82, 2.24) is 10.2 Å². The van der Waals surface area contributed by atoms with Crippen molar-refractivity contribution in [3.8, 4) is 0 Å². The highest BCUT2D eigenvalue weighted by Gasteiger charge is 2.38. The minimum Gasteiger partial charge on any atom is -0.381 e. The maximum atomic E-state index is 12.7. The van der Waals surface area contributed by atoms with Crippen LogP contribution in [0, 0.1) is 5.92 Å². The van der Waals surface area contributed by atoms with Crippen molar-refractivity contribution in [1.29, 1.82) is 0 Å². The number of carbonyl (C=O) groups is 2. The topological polar surface area (TPSA) is 58.6 Å². The number of hydrogen-bond acceptors (Lipinski definition) is 3. The number of halogens is 1. The van der Waals surface area contributed by atoms with Gasteiger partial charge in [-0.05, 0) is 12.5 Å². The molecule has 2 aliphatic rings. The zero-order valence-corrected chi connectivity index (χ0v) is 12.3. The minimum atomic E-state index is -0.652. The summed E-state index contributed by atoms with van der Waals surface area (Å²) in [6.07, 6.45) is 0.714. The first-order valence-electron chi connectivity index (χ1n) is 7.09. The van der Waals surface area contributed by atoms with E-state index in [1.54, 1.807) is 17.0 Å². The fraction of sp³-hybridized carbons (Fsp3) is 0.467. The lowest BCUT2D eigenvalue weighted by atomic mass is 9.99. The maximum Gasteiger partial charge on any atom is 0.247 e. The molecule has 1 aromatic carbocycles. The molecule has 112 valence electrons. The second-order valence-corrected chi connectivity index (χ2v) is 5.71. The van der Waals surface area contributed by atoms with Crippen LogP contribution in [0.4, 0.5) is 0 Å². The molecule has 3 rings (SSSR count). The van der Waals surface area contributed by atoms with E-state index >= 15 is 0 Å². The molecule has 1 aromatic rings. The number of rotatable bonds is 2. The molecule has 0 unspecified atom stereocenters. The first-order valence-corrected chi connectivity index (χ1v) is 7.46. The number of hydrogen-bond donors (Lipinski definition) is 1. The van der Waals surface area contributed by atoms with E-state index in [1.165, 1.54) is 0 Å². The molecule has 0 radical (unpaired) electrons. The number of nitrogens with one attached hydrogen (secondary N) is 1. The first-order chi connectivity index (χ1) is 10.2. The third-order valence-electron chi connectivity index (χ3n) is 3.97. The monoisotopic (exact) mass is 308 g/mol. The lowest BCUT2D eigenvalue weighted by Gasteiger charge is -2.36. The Morgan fingerprint density at radius 3 is 2.90 bits per heavy atom. The van der Waals surface area contributed by atoms with Gasteiger partial charge in [0.05, 0.1) is 12.5 Å². The van der Waals surface area contributed by atoms with Crippen molar-refractivity contribution in [2.75, 3.05) is 26.3 Å². The van der Waals surface area contributed by atoms with Crippen LogP contribution < -0.4 is 5.32 Å². The van der Waals surface area contributed by atoms with Crippen molar-refractivity contribution in [2.45, 2.75) is 12.5 Å². The van der Waals surface area contributed by atoms with Gasteiger partial charge in [-0.3, -0.25) is 9.59 Å². The summed E-state index contributed by atoms with van der Waals surface area (Å²) in [6.45, 7) is 2.01. The van der Waals surface area contributed by atoms with Crippen LogP contribution in [0.1, 0.15) is 18.0 Å². The number of benzene rings is 1. The molecule has 0 aromatic heterocycles. The summed E-state index contributed by atoms with van der Waals surface area (Å²) in [7, 11) is 0. The average molecular weight is 309 g/mol. The Morgan fingerprint density at radius 1 is 1.38 bits per heavy atom. The standard InChI is InChI=1S/C15H17ClN2O3/c16-12-4-2-1-3-11(12)13-14(19)17-6-7-18(13)15(20)10-5-8-21-9-10/h1-4,10,13H,5-9H2,(H,17,19)/t10-,13-/m0/s1. The second kappa shape index (κ2) is 6.03. The summed E-state index contributed by atoms with van der Waals surface area (Å²) in [5, 5.41) is 3.31. The summed E-state index contributed by atoms with van der Waals surface area (Å²) < 4.78 is 5.29. The molecule has 2 saturated heterocycles. The summed E-state index contributed by atoms with van der Waals surface area (Å²) in [5.74, 6) is -0.352. The smallest absolute Gasteiger partial charge is 0.247 e. The van der Waals surface area contributed by atoms with Gasteiger partial charge in [0.25, 0.3) is 0 Å². The molecular formula is C15H17ClN2O3. The molecule has 0 spiro atoms. The maximum absolute atomic E-state index is 12.7. The van der Waals surface area contributed by atoms with Gasteiger partial charge in [-0.1, -0.05) is 29.8 Å². The number of carbonyl (C=O) groups excluding carboxylic acids is 2.